The highest BCUT2D eigenvalue weighted by Gasteiger charge is 2.39. The third-order valence-corrected chi connectivity index (χ3v) is 10.8. The summed E-state index contributed by atoms with van der Waals surface area (Å²) in [5, 5.41) is 4.95. The molecular formula is C32H22N3OP. The summed E-state index contributed by atoms with van der Waals surface area (Å²) in [6.45, 7) is 2.02. The van der Waals surface area contributed by atoms with Crippen LogP contribution in [0.15, 0.2) is 115 Å². The van der Waals surface area contributed by atoms with Crippen molar-refractivity contribution in [3.63, 3.8) is 0 Å². The van der Waals surface area contributed by atoms with E-state index in [0.717, 1.165) is 55.2 Å². The van der Waals surface area contributed by atoms with Crippen LogP contribution < -0.4 is 15.9 Å². The van der Waals surface area contributed by atoms with E-state index in [-0.39, 0.29) is 0 Å². The molecule has 1 aliphatic heterocycles. The van der Waals surface area contributed by atoms with Gasteiger partial charge in [-0.25, -0.2) is 4.98 Å². The molecule has 0 aliphatic carbocycles. The lowest BCUT2D eigenvalue weighted by Gasteiger charge is -2.29. The van der Waals surface area contributed by atoms with Gasteiger partial charge >= 0.3 is 0 Å². The van der Waals surface area contributed by atoms with Gasteiger partial charge in [0.05, 0.1) is 27.8 Å². The molecule has 0 saturated heterocycles. The lowest BCUT2D eigenvalue weighted by molar-refractivity contribution is 0.592. The zero-order valence-electron chi connectivity index (χ0n) is 20.2. The summed E-state index contributed by atoms with van der Waals surface area (Å²) in [6.07, 6.45) is 0. The monoisotopic (exact) mass is 495 g/mol. The number of rotatable bonds is 2. The highest BCUT2D eigenvalue weighted by atomic mass is 31.2. The van der Waals surface area contributed by atoms with E-state index >= 15 is 4.57 Å². The molecule has 1 atom stereocenters. The number of aryl methyl sites for hydroxylation is 1. The molecule has 5 heteroatoms. The van der Waals surface area contributed by atoms with Crippen LogP contribution in [-0.2, 0) is 4.57 Å². The second-order valence-corrected chi connectivity index (χ2v) is 12.3. The lowest BCUT2D eigenvalue weighted by atomic mass is 10.2. The number of fused-ring (bicyclic) bond motifs is 5. The molecule has 0 fully saturated rings. The van der Waals surface area contributed by atoms with Crippen LogP contribution in [-0.4, -0.2) is 14.1 Å². The number of benzene rings is 5. The van der Waals surface area contributed by atoms with Crippen LogP contribution in [0.3, 0.4) is 0 Å². The van der Waals surface area contributed by atoms with Gasteiger partial charge < -0.3 is 9.13 Å². The summed E-state index contributed by atoms with van der Waals surface area (Å²) >= 11 is 0. The van der Waals surface area contributed by atoms with Crippen LogP contribution >= 0.6 is 7.14 Å². The smallest absolute Gasteiger partial charge is 0.175 e. The standard InChI is InChI=1S/C32H22N3OP/c1-21-33-26-14-9-17-30-32(26)34(21)29-19-18-22(20-31(29)37(30,36)23-10-3-2-4-11-23)35-27-15-7-5-12-24(27)25-13-6-8-16-28(25)35/h2-20H,1H3. The Hall–Kier alpha value is -4.40. The molecular weight excluding hydrogens is 473 g/mol. The van der Waals surface area contributed by atoms with E-state index in [1.165, 1.54) is 10.8 Å². The van der Waals surface area contributed by atoms with Crippen molar-refractivity contribution in [2.75, 3.05) is 0 Å². The molecule has 1 aliphatic rings. The molecule has 3 heterocycles. The Kier molecular flexibility index (Phi) is 4.10. The van der Waals surface area contributed by atoms with Crippen LogP contribution in [0.5, 0.6) is 0 Å². The second-order valence-electron chi connectivity index (χ2n) is 9.63. The van der Waals surface area contributed by atoms with Crippen molar-refractivity contribution < 1.29 is 4.57 Å². The van der Waals surface area contributed by atoms with Crippen LogP contribution in [0, 0.1) is 6.92 Å². The molecule has 0 N–H and O–H groups in total. The molecule has 0 radical (unpaired) electrons. The maximum Gasteiger partial charge on any atom is 0.175 e. The number of imidazole rings is 1. The lowest BCUT2D eigenvalue weighted by Crippen LogP contribution is -2.33. The fraction of sp³-hybridized carbons (Fsp3) is 0.0312. The van der Waals surface area contributed by atoms with Crippen molar-refractivity contribution in [2.45, 2.75) is 6.92 Å². The summed E-state index contributed by atoms with van der Waals surface area (Å²) in [7, 11) is -3.17. The van der Waals surface area contributed by atoms with E-state index in [1.54, 1.807) is 0 Å². The third kappa shape index (κ3) is 2.63. The maximum absolute atomic E-state index is 15.5. The SMILES string of the molecule is Cc1nc2cccc3c2n1-c1ccc(-n2c4ccccc4c4ccccc42)cc1P3(=O)c1ccccc1. The van der Waals surface area contributed by atoms with Gasteiger partial charge in [-0.1, -0.05) is 72.8 Å². The minimum Gasteiger partial charge on any atom is -0.309 e. The van der Waals surface area contributed by atoms with Crippen LogP contribution in [0.2, 0.25) is 0 Å². The van der Waals surface area contributed by atoms with Gasteiger partial charge in [-0.15, -0.1) is 0 Å². The van der Waals surface area contributed by atoms with E-state index in [9.17, 15) is 0 Å². The van der Waals surface area contributed by atoms with Gasteiger partial charge in [-0.2, -0.15) is 0 Å². The molecule has 2 aromatic heterocycles. The van der Waals surface area contributed by atoms with E-state index in [2.05, 4.69) is 75.9 Å². The Morgan fingerprint density at radius 3 is 2.05 bits per heavy atom. The minimum absolute atomic E-state index is 0.841. The van der Waals surface area contributed by atoms with E-state index in [4.69, 9.17) is 4.98 Å². The Morgan fingerprint density at radius 1 is 0.649 bits per heavy atom. The first kappa shape index (κ1) is 20.8. The zero-order chi connectivity index (χ0) is 24.7. The largest absolute Gasteiger partial charge is 0.309 e. The van der Waals surface area contributed by atoms with Crippen molar-refractivity contribution in [3.8, 4) is 11.4 Å². The molecule has 1 unspecified atom stereocenters. The van der Waals surface area contributed by atoms with Crippen molar-refractivity contribution in [3.05, 3.63) is 121 Å². The third-order valence-electron chi connectivity index (χ3n) is 7.66. The minimum atomic E-state index is -3.17. The van der Waals surface area contributed by atoms with E-state index in [1.807, 2.05) is 55.5 Å². The molecule has 37 heavy (non-hydrogen) atoms. The van der Waals surface area contributed by atoms with Gasteiger partial charge in [0.25, 0.3) is 0 Å². The summed E-state index contributed by atoms with van der Waals surface area (Å²) in [6, 6.07) is 39.3. The van der Waals surface area contributed by atoms with Crippen LogP contribution in [0.1, 0.15) is 5.82 Å². The number of hydrogen-bond donors (Lipinski definition) is 0. The molecule has 176 valence electrons. The normalized spacial score (nSPS) is 16.5. The highest BCUT2D eigenvalue weighted by molar-refractivity contribution is 7.86. The van der Waals surface area contributed by atoms with Crippen molar-refractivity contribution in [1.82, 2.24) is 14.1 Å². The highest BCUT2D eigenvalue weighted by Crippen LogP contribution is 2.49. The van der Waals surface area contributed by atoms with Gasteiger partial charge in [-0.05, 0) is 49.4 Å². The number of aromatic nitrogens is 3. The average molecular weight is 496 g/mol. The number of nitrogens with zero attached hydrogens (tertiary/aromatic N) is 3. The molecule has 5 aromatic carbocycles. The Bertz CT molecular complexity index is 2030. The van der Waals surface area contributed by atoms with E-state index in [0.29, 0.717) is 0 Å². The van der Waals surface area contributed by atoms with Crippen LogP contribution in [0.25, 0.3) is 44.2 Å². The second kappa shape index (κ2) is 7.32. The molecule has 7 aromatic rings. The van der Waals surface area contributed by atoms with Gasteiger partial charge in [-0.3, -0.25) is 4.57 Å². The summed E-state index contributed by atoms with van der Waals surface area (Å²) in [5.74, 6) is 0.896. The summed E-state index contributed by atoms with van der Waals surface area (Å²) in [4.78, 5) is 4.83. The van der Waals surface area contributed by atoms with Gasteiger partial charge in [0.15, 0.2) is 7.14 Å². The van der Waals surface area contributed by atoms with Crippen molar-refractivity contribution in [2.24, 2.45) is 0 Å². The van der Waals surface area contributed by atoms with Crippen LogP contribution in [0.4, 0.5) is 0 Å². The zero-order valence-corrected chi connectivity index (χ0v) is 21.1. The molecule has 0 bridgehead atoms. The summed E-state index contributed by atoms with van der Waals surface area (Å²) < 4.78 is 19.9. The van der Waals surface area contributed by atoms with E-state index < -0.39 is 7.14 Å². The molecule has 0 amide bonds. The first-order valence-corrected chi connectivity index (χ1v) is 14.1. The Morgan fingerprint density at radius 2 is 1.32 bits per heavy atom. The molecule has 8 rings (SSSR count). The maximum atomic E-state index is 15.5. The first-order valence-electron chi connectivity index (χ1n) is 12.4. The van der Waals surface area contributed by atoms with Crippen molar-refractivity contribution >= 4 is 55.9 Å². The molecule has 0 spiro atoms. The molecule has 4 nitrogen and oxygen atoms in total. The predicted octanol–water partition coefficient (Wildman–Crippen LogP) is 6.38. The Labute approximate surface area is 213 Å². The predicted molar refractivity (Wildman–Crippen MR) is 153 cm³/mol. The molecule has 0 saturated carbocycles. The van der Waals surface area contributed by atoms with Crippen molar-refractivity contribution in [1.29, 1.82) is 0 Å². The Balaban J connectivity index is 1.52. The fourth-order valence-electron chi connectivity index (χ4n) is 6.11. The number of hydrogen-bond acceptors (Lipinski definition) is 2. The van der Waals surface area contributed by atoms with Gasteiger partial charge in [0, 0.05) is 32.4 Å². The fourth-order valence-corrected chi connectivity index (χ4v) is 9.14. The summed E-state index contributed by atoms with van der Waals surface area (Å²) in [5.41, 5.74) is 6.04. The van der Waals surface area contributed by atoms with Gasteiger partial charge in [0.2, 0.25) is 0 Å². The quantitative estimate of drug-likeness (QED) is 0.261. The van der Waals surface area contributed by atoms with Gasteiger partial charge in [0.1, 0.15) is 5.82 Å². The average Bonchev–Trinajstić information content (AvgIpc) is 3.47. The number of para-hydroxylation sites is 3. The first-order chi connectivity index (χ1) is 18.2. The topological polar surface area (TPSA) is 39.8 Å².